The molecule has 124 valence electrons. The SMILES string of the molecule is CCCCCCCCC(=O)NCc1ccccc1-n1ccnc1. The fourth-order valence-corrected chi connectivity index (χ4v) is 2.66. The van der Waals surface area contributed by atoms with Crippen molar-refractivity contribution in [2.45, 2.75) is 58.4 Å². The first-order valence-electron chi connectivity index (χ1n) is 8.64. The Morgan fingerprint density at radius 3 is 2.70 bits per heavy atom. The predicted molar refractivity (Wildman–Crippen MR) is 93.4 cm³/mol. The molecule has 0 saturated heterocycles. The summed E-state index contributed by atoms with van der Waals surface area (Å²) in [7, 11) is 0. The van der Waals surface area contributed by atoms with Gasteiger partial charge in [-0.05, 0) is 18.1 Å². The number of nitrogens with zero attached hydrogens (tertiary/aromatic N) is 2. The fraction of sp³-hybridized carbons (Fsp3) is 0.474. The number of hydrogen-bond donors (Lipinski definition) is 1. The fourth-order valence-electron chi connectivity index (χ4n) is 2.66. The molecular formula is C19H27N3O. The van der Waals surface area contributed by atoms with Gasteiger partial charge < -0.3 is 9.88 Å². The van der Waals surface area contributed by atoms with Crippen LogP contribution in [0.3, 0.4) is 0 Å². The van der Waals surface area contributed by atoms with Crippen LogP contribution in [0.1, 0.15) is 57.4 Å². The lowest BCUT2D eigenvalue weighted by atomic mass is 10.1. The number of rotatable bonds is 10. The van der Waals surface area contributed by atoms with Gasteiger partial charge in [0.1, 0.15) is 0 Å². The molecule has 0 atom stereocenters. The molecule has 0 fully saturated rings. The maximum atomic E-state index is 12.0. The van der Waals surface area contributed by atoms with Crippen molar-refractivity contribution < 1.29 is 4.79 Å². The van der Waals surface area contributed by atoms with Crippen LogP contribution in [0.5, 0.6) is 0 Å². The van der Waals surface area contributed by atoms with Gasteiger partial charge >= 0.3 is 0 Å². The molecule has 0 bridgehead atoms. The molecule has 1 aromatic heterocycles. The zero-order chi connectivity index (χ0) is 16.3. The molecule has 0 aliphatic rings. The van der Waals surface area contributed by atoms with Gasteiger partial charge in [-0.15, -0.1) is 0 Å². The monoisotopic (exact) mass is 313 g/mol. The van der Waals surface area contributed by atoms with Crippen LogP contribution < -0.4 is 5.32 Å². The molecule has 0 aliphatic carbocycles. The van der Waals surface area contributed by atoms with Crippen molar-refractivity contribution in [1.29, 1.82) is 0 Å². The minimum absolute atomic E-state index is 0.140. The summed E-state index contributed by atoms with van der Waals surface area (Å²) in [5, 5.41) is 3.03. The van der Waals surface area contributed by atoms with Crippen molar-refractivity contribution in [3.05, 3.63) is 48.5 Å². The molecule has 1 amide bonds. The number of unbranched alkanes of at least 4 members (excludes halogenated alkanes) is 5. The van der Waals surface area contributed by atoms with E-state index in [1.165, 1.54) is 25.7 Å². The predicted octanol–water partition coefficient (Wildman–Crippen LogP) is 4.24. The Kier molecular flexibility index (Phi) is 7.37. The van der Waals surface area contributed by atoms with Crippen molar-refractivity contribution in [3.63, 3.8) is 0 Å². The Labute approximate surface area is 138 Å². The van der Waals surface area contributed by atoms with E-state index in [0.29, 0.717) is 13.0 Å². The van der Waals surface area contributed by atoms with Crippen molar-refractivity contribution in [3.8, 4) is 5.69 Å². The molecule has 4 nitrogen and oxygen atoms in total. The third kappa shape index (κ3) is 5.89. The second-order valence-corrected chi connectivity index (χ2v) is 5.89. The van der Waals surface area contributed by atoms with E-state index >= 15 is 0 Å². The zero-order valence-electron chi connectivity index (χ0n) is 14.0. The molecular weight excluding hydrogens is 286 g/mol. The molecule has 2 aromatic rings. The molecule has 0 radical (unpaired) electrons. The molecule has 0 spiro atoms. The highest BCUT2D eigenvalue weighted by atomic mass is 16.1. The highest BCUT2D eigenvalue weighted by Crippen LogP contribution is 2.14. The van der Waals surface area contributed by atoms with Crippen LogP contribution in [0, 0.1) is 0 Å². The molecule has 0 unspecified atom stereocenters. The number of aromatic nitrogens is 2. The number of benzene rings is 1. The number of imidazole rings is 1. The number of carbonyl (C=O) groups excluding carboxylic acids is 1. The standard InChI is InChI=1S/C19H27N3O/c1-2-3-4-5-6-7-12-19(23)21-15-17-10-8-9-11-18(17)22-14-13-20-16-22/h8-11,13-14,16H,2-7,12,15H2,1H3,(H,21,23). The summed E-state index contributed by atoms with van der Waals surface area (Å²) in [6, 6.07) is 8.07. The summed E-state index contributed by atoms with van der Waals surface area (Å²) < 4.78 is 1.97. The summed E-state index contributed by atoms with van der Waals surface area (Å²) in [6.45, 7) is 2.78. The summed E-state index contributed by atoms with van der Waals surface area (Å²) in [5.41, 5.74) is 2.16. The average molecular weight is 313 g/mol. The Morgan fingerprint density at radius 2 is 1.91 bits per heavy atom. The molecule has 23 heavy (non-hydrogen) atoms. The van der Waals surface area contributed by atoms with E-state index in [-0.39, 0.29) is 5.91 Å². The lowest BCUT2D eigenvalue weighted by Gasteiger charge is -2.11. The highest BCUT2D eigenvalue weighted by Gasteiger charge is 2.06. The molecule has 0 saturated carbocycles. The van der Waals surface area contributed by atoms with Gasteiger partial charge in [0, 0.05) is 25.4 Å². The third-order valence-electron chi connectivity index (χ3n) is 4.01. The van der Waals surface area contributed by atoms with E-state index in [1.54, 1.807) is 12.5 Å². The van der Waals surface area contributed by atoms with E-state index < -0.39 is 0 Å². The molecule has 1 N–H and O–H groups in total. The van der Waals surface area contributed by atoms with Gasteiger partial charge in [0.2, 0.25) is 5.91 Å². The second-order valence-electron chi connectivity index (χ2n) is 5.89. The van der Waals surface area contributed by atoms with Gasteiger partial charge in [0.15, 0.2) is 0 Å². The Morgan fingerprint density at radius 1 is 1.13 bits per heavy atom. The smallest absolute Gasteiger partial charge is 0.220 e. The van der Waals surface area contributed by atoms with Gasteiger partial charge in [-0.2, -0.15) is 0 Å². The van der Waals surface area contributed by atoms with Crippen LogP contribution in [0.2, 0.25) is 0 Å². The molecule has 1 heterocycles. The van der Waals surface area contributed by atoms with E-state index in [1.807, 2.05) is 35.0 Å². The minimum atomic E-state index is 0.140. The maximum absolute atomic E-state index is 12.0. The second kappa shape index (κ2) is 9.82. The van der Waals surface area contributed by atoms with E-state index in [4.69, 9.17) is 0 Å². The van der Waals surface area contributed by atoms with Gasteiger partial charge in [-0.1, -0.05) is 57.2 Å². The number of hydrogen-bond acceptors (Lipinski definition) is 2. The Hall–Kier alpha value is -2.10. The number of carbonyl (C=O) groups is 1. The van der Waals surface area contributed by atoms with Gasteiger partial charge in [-0.25, -0.2) is 4.98 Å². The number of para-hydroxylation sites is 1. The van der Waals surface area contributed by atoms with Gasteiger partial charge in [0.05, 0.1) is 12.0 Å². The third-order valence-corrected chi connectivity index (χ3v) is 4.01. The van der Waals surface area contributed by atoms with Gasteiger partial charge in [-0.3, -0.25) is 4.79 Å². The quantitative estimate of drug-likeness (QED) is 0.667. The van der Waals surface area contributed by atoms with Crippen LogP contribution in [0.15, 0.2) is 43.0 Å². The largest absolute Gasteiger partial charge is 0.352 e. The summed E-state index contributed by atoms with van der Waals surface area (Å²) >= 11 is 0. The summed E-state index contributed by atoms with van der Waals surface area (Å²) in [4.78, 5) is 16.1. The van der Waals surface area contributed by atoms with Crippen molar-refractivity contribution in [1.82, 2.24) is 14.9 Å². The van der Waals surface area contributed by atoms with Crippen molar-refractivity contribution >= 4 is 5.91 Å². The normalized spacial score (nSPS) is 10.7. The van der Waals surface area contributed by atoms with Crippen LogP contribution in [-0.2, 0) is 11.3 Å². The van der Waals surface area contributed by atoms with E-state index in [0.717, 1.165) is 24.1 Å². The van der Waals surface area contributed by atoms with Crippen LogP contribution in [0.4, 0.5) is 0 Å². The lowest BCUT2D eigenvalue weighted by molar-refractivity contribution is -0.121. The highest BCUT2D eigenvalue weighted by molar-refractivity contribution is 5.75. The van der Waals surface area contributed by atoms with Crippen molar-refractivity contribution in [2.24, 2.45) is 0 Å². The molecule has 2 rings (SSSR count). The van der Waals surface area contributed by atoms with E-state index in [2.05, 4.69) is 17.2 Å². The minimum Gasteiger partial charge on any atom is -0.352 e. The number of amides is 1. The molecule has 4 heteroatoms. The first-order valence-corrected chi connectivity index (χ1v) is 8.64. The first kappa shape index (κ1) is 17.3. The van der Waals surface area contributed by atoms with Crippen LogP contribution in [0.25, 0.3) is 5.69 Å². The Balaban J connectivity index is 1.75. The van der Waals surface area contributed by atoms with Crippen LogP contribution >= 0.6 is 0 Å². The average Bonchev–Trinajstić information content (AvgIpc) is 3.11. The first-order chi connectivity index (χ1) is 11.3. The van der Waals surface area contributed by atoms with Crippen LogP contribution in [-0.4, -0.2) is 15.5 Å². The van der Waals surface area contributed by atoms with E-state index in [9.17, 15) is 4.79 Å². The van der Waals surface area contributed by atoms with Crippen molar-refractivity contribution in [2.75, 3.05) is 0 Å². The topological polar surface area (TPSA) is 46.9 Å². The Bertz CT molecular complexity index is 578. The van der Waals surface area contributed by atoms with Gasteiger partial charge in [0.25, 0.3) is 0 Å². The molecule has 0 aliphatic heterocycles. The number of nitrogens with one attached hydrogen (secondary N) is 1. The summed E-state index contributed by atoms with van der Waals surface area (Å²) in [6.07, 6.45) is 13.3. The lowest BCUT2D eigenvalue weighted by Crippen LogP contribution is -2.23. The summed E-state index contributed by atoms with van der Waals surface area (Å²) in [5.74, 6) is 0.140. The maximum Gasteiger partial charge on any atom is 0.220 e. The zero-order valence-corrected chi connectivity index (χ0v) is 14.0. The molecule has 1 aromatic carbocycles.